The lowest BCUT2D eigenvalue weighted by atomic mass is 10.1. The van der Waals surface area contributed by atoms with Crippen molar-refractivity contribution in [2.45, 2.75) is 44.4 Å². The van der Waals surface area contributed by atoms with E-state index in [9.17, 15) is 4.79 Å². The lowest BCUT2D eigenvalue weighted by Crippen LogP contribution is -2.41. The van der Waals surface area contributed by atoms with Crippen LogP contribution in [0.2, 0.25) is 0 Å². The van der Waals surface area contributed by atoms with Crippen LogP contribution in [0.5, 0.6) is 0 Å². The Balaban J connectivity index is 0.00000220. The van der Waals surface area contributed by atoms with E-state index >= 15 is 0 Å². The van der Waals surface area contributed by atoms with Gasteiger partial charge in [0.05, 0.1) is 6.10 Å². The average molecular weight is 378 g/mol. The molecule has 4 nitrogen and oxygen atoms in total. The quantitative estimate of drug-likeness (QED) is 0.828. The molecule has 1 aliphatic heterocycles. The molecule has 0 spiro atoms. The fourth-order valence-corrected chi connectivity index (χ4v) is 2.90. The van der Waals surface area contributed by atoms with Gasteiger partial charge in [-0.3, -0.25) is 4.79 Å². The predicted octanol–water partition coefficient (Wildman–Crippen LogP) is 2.42. The average Bonchev–Trinajstić information content (AvgIpc) is 2.90. The van der Waals surface area contributed by atoms with Crippen molar-refractivity contribution in [3.8, 4) is 0 Å². The van der Waals surface area contributed by atoms with E-state index in [-0.39, 0.29) is 36.6 Å². The number of nitrogens with two attached hydrogens (primary N) is 1. The molecule has 0 radical (unpaired) electrons. The molecule has 1 saturated heterocycles. The number of halogens is 2. The first-order valence-electron chi connectivity index (χ1n) is 6.99. The van der Waals surface area contributed by atoms with E-state index < -0.39 is 0 Å². The van der Waals surface area contributed by atoms with Gasteiger partial charge in [0, 0.05) is 17.1 Å². The molecule has 1 fully saturated rings. The highest BCUT2D eigenvalue weighted by Crippen LogP contribution is 2.20. The highest BCUT2D eigenvalue weighted by atomic mass is 79.9. The molecule has 3 atom stereocenters. The van der Waals surface area contributed by atoms with E-state index in [1.807, 2.05) is 25.1 Å². The van der Waals surface area contributed by atoms with Crippen LogP contribution < -0.4 is 11.1 Å². The third-order valence-electron chi connectivity index (χ3n) is 3.54. The number of hydrogen-bond acceptors (Lipinski definition) is 3. The molecule has 6 heteroatoms. The summed E-state index contributed by atoms with van der Waals surface area (Å²) >= 11 is 3.52. The second-order valence-corrected chi connectivity index (χ2v) is 6.12. The zero-order chi connectivity index (χ0) is 14.5. The predicted molar refractivity (Wildman–Crippen MR) is 89.6 cm³/mol. The zero-order valence-electron chi connectivity index (χ0n) is 12.0. The van der Waals surface area contributed by atoms with Gasteiger partial charge in [-0.05, 0) is 37.8 Å². The van der Waals surface area contributed by atoms with Gasteiger partial charge in [0.2, 0.25) is 5.91 Å². The minimum atomic E-state index is -0.342. The van der Waals surface area contributed by atoms with Gasteiger partial charge < -0.3 is 15.8 Å². The number of benzene rings is 1. The molecule has 1 amide bonds. The molecule has 0 aliphatic carbocycles. The van der Waals surface area contributed by atoms with Crippen molar-refractivity contribution >= 4 is 34.2 Å². The fourth-order valence-electron chi connectivity index (χ4n) is 2.45. The van der Waals surface area contributed by atoms with Crippen LogP contribution in [0.15, 0.2) is 28.7 Å². The van der Waals surface area contributed by atoms with Gasteiger partial charge >= 0.3 is 0 Å². The maximum Gasteiger partial charge on any atom is 0.249 e. The van der Waals surface area contributed by atoms with E-state index in [1.54, 1.807) is 0 Å². The standard InChI is InChI=1S/C15H21BrN2O2.ClH/c1-10(8-11-4-2-3-5-13(11)16)18-15(19)14-7-6-12(9-17)20-14;/h2-5,10,12,14H,6-9,17H2,1H3,(H,18,19);1H/t10?,12-,14+;/m1./s1. The van der Waals surface area contributed by atoms with Gasteiger partial charge in [-0.15, -0.1) is 12.4 Å². The van der Waals surface area contributed by atoms with E-state index in [0.29, 0.717) is 6.54 Å². The van der Waals surface area contributed by atoms with Crippen LogP contribution in [0.25, 0.3) is 0 Å². The van der Waals surface area contributed by atoms with E-state index in [0.717, 1.165) is 23.7 Å². The molecule has 1 unspecified atom stereocenters. The third kappa shape index (κ3) is 5.25. The van der Waals surface area contributed by atoms with Gasteiger partial charge in [0.25, 0.3) is 0 Å². The van der Waals surface area contributed by atoms with Gasteiger partial charge in [0.15, 0.2) is 0 Å². The van der Waals surface area contributed by atoms with Gasteiger partial charge in [-0.1, -0.05) is 34.1 Å². The second-order valence-electron chi connectivity index (χ2n) is 5.26. The second kappa shape index (κ2) is 8.73. The summed E-state index contributed by atoms with van der Waals surface area (Å²) in [6.07, 6.45) is 2.11. The number of ether oxygens (including phenoxy) is 1. The summed E-state index contributed by atoms with van der Waals surface area (Å²) in [5.41, 5.74) is 6.74. The van der Waals surface area contributed by atoms with Crippen LogP contribution in [0.3, 0.4) is 0 Å². The number of rotatable bonds is 5. The molecule has 1 aromatic carbocycles. The molecule has 1 aromatic rings. The van der Waals surface area contributed by atoms with E-state index in [4.69, 9.17) is 10.5 Å². The van der Waals surface area contributed by atoms with Crippen LogP contribution in [0.4, 0.5) is 0 Å². The number of nitrogens with one attached hydrogen (secondary N) is 1. The molecule has 21 heavy (non-hydrogen) atoms. The largest absolute Gasteiger partial charge is 0.364 e. The minimum Gasteiger partial charge on any atom is -0.364 e. The normalized spacial score (nSPS) is 22.4. The van der Waals surface area contributed by atoms with Gasteiger partial charge in [-0.25, -0.2) is 0 Å². The third-order valence-corrected chi connectivity index (χ3v) is 4.31. The van der Waals surface area contributed by atoms with Crippen molar-refractivity contribution in [2.24, 2.45) is 5.73 Å². The van der Waals surface area contributed by atoms with Gasteiger partial charge in [0.1, 0.15) is 6.10 Å². The summed E-state index contributed by atoms with van der Waals surface area (Å²) in [6, 6.07) is 8.12. The van der Waals surface area contributed by atoms with Crippen LogP contribution >= 0.6 is 28.3 Å². The van der Waals surface area contributed by atoms with Crippen LogP contribution in [-0.2, 0) is 16.0 Å². The monoisotopic (exact) mass is 376 g/mol. The van der Waals surface area contributed by atoms with Gasteiger partial charge in [-0.2, -0.15) is 0 Å². The van der Waals surface area contributed by atoms with E-state index in [1.165, 1.54) is 5.56 Å². The molecule has 1 aliphatic rings. The summed E-state index contributed by atoms with van der Waals surface area (Å²) in [7, 11) is 0. The molecular weight excluding hydrogens is 356 g/mol. The lowest BCUT2D eigenvalue weighted by molar-refractivity contribution is -0.132. The Bertz CT molecular complexity index is 473. The van der Waals surface area contributed by atoms with Crippen LogP contribution in [-0.4, -0.2) is 30.7 Å². The Morgan fingerprint density at radius 2 is 2.19 bits per heavy atom. The molecule has 0 saturated carbocycles. The van der Waals surface area contributed by atoms with Crippen molar-refractivity contribution in [2.75, 3.05) is 6.54 Å². The number of carbonyl (C=O) groups excluding carboxylic acids is 1. The van der Waals surface area contributed by atoms with Crippen molar-refractivity contribution in [3.63, 3.8) is 0 Å². The number of carbonyl (C=O) groups is 1. The molecule has 118 valence electrons. The summed E-state index contributed by atoms with van der Waals surface area (Å²) < 4.78 is 6.67. The van der Waals surface area contributed by atoms with Crippen molar-refractivity contribution in [1.82, 2.24) is 5.32 Å². The first-order chi connectivity index (χ1) is 9.60. The Labute approximate surface area is 140 Å². The maximum absolute atomic E-state index is 12.1. The maximum atomic E-state index is 12.1. The van der Waals surface area contributed by atoms with Crippen LogP contribution in [0.1, 0.15) is 25.3 Å². The number of hydrogen-bond donors (Lipinski definition) is 2. The Kier molecular flexibility index (Phi) is 7.66. The van der Waals surface area contributed by atoms with Crippen LogP contribution in [0, 0.1) is 0 Å². The zero-order valence-corrected chi connectivity index (χ0v) is 14.5. The molecular formula is C15H22BrClN2O2. The summed E-state index contributed by atoms with van der Waals surface area (Å²) in [6.45, 7) is 2.49. The molecule has 3 N–H and O–H groups in total. The van der Waals surface area contributed by atoms with E-state index in [2.05, 4.69) is 27.3 Å². The SMILES string of the molecule is CC(Cc1ccccc1Br)NC(=O)[C@@H]1CC[C@H](CN)O1.Cl. The first kappa shape index (κ1) is 18.4. The Hall–Kier alpha value is -0.620. The van der Waals surface area contributed by atoms with Crippen molar-refractivity contribution < 1.29 is 9.53 Å². The lowest BCUT2D eigenvalue weighted by Gasteiger charge is -2.18. The summed E-state index contributed by atoms with van der Waals surface area (Å²) in [5.74, 6) is -0.0273. The molecule has 2 rings (SSSR count). The topological polar surface area (TPSA) is 64.4 Å². The molecule has 0 aromatic heterocycles. The minimum absolute atomic E-state index is 0. The highest BCUT2D eigenvalue weighted by Gasteiger charge is 2.30. The Morgan fingerprint density at radius 3 is 2.81 bits per heavy atom. The smallest absolute Gasteiger partial charge is 0.249 e. The number of amides is 1. The first-order valence-corrected chi connectivity index (χ1v) is 7.78. The molecule has 0 bridgehead atoms. The summed E-state index contributed by atoms with van der Waals surface area (Å²) in [5, 5.41) is 3.02. The molecule has 1 heterocycles. The van der Waals surface area contributed by atoms with Crippen molar-refractivity contribution in [3.05, 3.63) is 34.3 Å². The Morgan fingerprint density at radius 1 is 1.48 bits per heavy atom. The highest BCUT2D eigenvalue weighted by molar-refractivity contribution is 9.10. The fraction of sp³-hybridized carbons (Fsp3) is 0.533. The summed E-state index contributed by atoms with van der Waals surface area (Å²) in [4.78, 5) is 12.1. The van der Waals surface area contributed by atoms with Crippen molar-refractivity contribution in [1.29, 1.82) is 0 Å².